The number of rotatable bonds is 7. The van der Waals surface area contributed by atoms with Gasteiger partial charge in [-0.1, -0.05) is 17.5 Å². The third-order valence-electron chi connectivity index (χ3n) is 3.71. The number of carbonyl (C=O) groups is 1. The Morgan fingerprint density at radius 3 is 2.46 bits per heavy atom. The van der Waals surface area contributed by atoms with Crippen LogP contribution in [0.1, 0.15) is 22.8 Å². The summed E-state index contributed by atoms with van der Waals surface area (Å²) in [5.74, 6) is 5.47. The van der Waals surface area contributed by atoms with Crippen LogP contribution in [0.5, 0.6) is 17.2 Å². The van der Waals surface area contributed by atoms with Crippen molar-refractivity contribution in [1.82, 2.24) is 0 Å². The number of fused-ring (bicyclic) bond motifs is 1. The zero-order valence-electron chi connectivity index (χ0n) is 14.9. The summed E-state index contributed by atoms with van der Waals surface area (Å²) in [6.45, 7) is 1.04. The highest BCUT2D eigenvalue weighted by Crippen LogP contribution is 2.46. The molecule has 0 aliphatic carbocycles. The number of methoxy groups -OCH3 is 3. The Balaban J connectivity index is 3.04. The first-order chi connectivity index (χ1) is 12.5. The fraction of sp³-hybridized carbons (Fsp3) is 0.316. The van der Waals surface area contributed by atoms with Gasteiger partial charge in [-0.05, 0) is 24.5 Å². The Kier molecular flexibility index (Phi) is 6.70. The first kappa shape index (κ1) is 19.9. The highest BCUT2D eigenvalue weighted by molar-refractivity contribution is 6.34. The maximum atomic E-state index is 12.6. The SMILES string of the molecule is CC#CC(=O)c1c(CO)cc2c(OC)cc(Cl)c(OC)c2c1OCOC. The summed E-state index contributed by atoms with van der Waals surface area (Å²) >= 11 is 6.31. The molecule has 138 valence electrons. The summed E-state index contributed by atoms with van der Waals surface area (Å²) in [7, 11) is 4.41. The summed E-state index contributed by atoms with van der Waals surface area (Å²) in [6.07, 6.45) is 0. The van der Waals surface area contributed by atoms with Gasteiger partial charge in [0.25, 0.3) is 0 Å². The zero-order valence-corrected chi connectivity index (χ0v) is 15.7. The third-order valence-corrected chi connectivity index (χ3v) is 3.99. The van der Waals surface area contributed by atoms with Gasteiger partial charge in [-0.15, -0.1) is 0 Å². The predicted octanol–water partition coefficient (Wildman–Crippen LogP) is 3.19. The Labute approximate surface area is 156 Å². The highest BCUT2D eigenvalue weighted by atomic mass is 35.5. The molecule has 0 amide bonds. The van der Waals surface area contributed by atoms with Crippen molar-refractivity contribution in [1.29, 1.82) is 0 Å². The lowest BCUT2D eigenvalue weighted by atomic mass is 9.95. The van der Waals surface area contributed by atoms with E-state index in [1.165, 1.54) is 21.3 Å². The van der Waals surface area contributed by atoms with E-state index in [9.17, 15) is 9.90 Å². The Morgan fingerprint density at radius 2 is 1.92 bits per heavy atom. The largest absolute Gasteiger partial charge is 0.496 e. The van der Waals surface area contributed by atoms with Gasteiger partial charge in [0.2, 0.25) is 5.78 Å². The number of hydrogen-bond acceptors (Lipinski definition) is 6. The molecule has 0 saturated heterocycles. The summed E-state index contributed by atoms with van der Waals surface area (Å²) < 4.78 is 21.5. The van der Waals surface area contributed by atoms with Crippen molar-refractivity contribution in [2.24, 2.45) is 0 Å². The number of benzene rings is 2. The van der Waals surface area contributed by atoms with Gasteiger partial charge in [-0.25, -0.2) is 0 Å². The average Bonchev–Trinajstić information content (AvgIpc) is 2.64. The quantitative estimate of drug-likeness (QED) is 0.345. The number of ketones is 1. The van der Waals surface area contributed by atoms with Crippen molar-refractivity contribution < 1.29 is 28.8 Å². The molecule has 6 nitrogen and oxygen atoms in total. The van der Waals surface area contributed by atoms with Gasteiger partial charge in [0.05, 0.1) is 36.8 Å². The van der Waals surface area contributed by atoms with Crippen molar-refractivity contribution in [3.8, 4) is 29.1 Å². The molecular weight excluding hydrogens is 360 g/mol. The van der Waals surface area contributed by atoms with Crippen LogP contribution < -0.4 is 14.2 Å². The van der Waals surface area contributed by atoms with Crippen LogP contribution in [0.15, 0.2) is 12.1 Å². The minimum absolute atomic E-state index is 0.123. The number of ether oxygens (including phenoxy) is 4. The number of halogens is 1. The van der Waals surface area contributed by atoms with Gasteiger partial charge in [0, 0.05) is 18.6 Å². The molecule has 0 spiro atoms. The Hall–Kier alpha value is -2.46. The maximum absolute atomic E-state index is 12.6. The van der Waals surface area contributed by atoms with E-state index in [0.717, 1.165) is 0 Å². The lowest BCUT2D eigenvalue weighted by Crippen LogP contribution is -2.10. The van der Waals surface area contributed by atoms with E-state index in [-0.39, 0.29) is 29.7 Å². The molecule has 0 aromatic heterocycles. The predicted molar refractivity (Wildman–Crippen MR) is 98.3 cm³/mol. The summed E-state index contributed by atoms with van der Waals surface area (Å²) in [5.41, 5.74) is 0.480. The van der Waals surface area contributed by atoms with Crippen LogP contribution in [0.25, 0.3) is 10.8 Å². The van der Waals surface area contributed by atoms with E-state index in [0.29, 0.717) is 27.8 Å². The third kappa shape index (κ3) is 3.56. The molecule has 0 heterocycles. The van der Waals surface area contributed by atoms with Crippen LogP contribution in [-0.4, -0.2) is 39.0 Å². The van der Waals surface area contributed by atoms with Crippen LogP contribution in [0.3, 0.4) is 0 Å². The van der Waals surface area contributed by atoms with Gasteiger partial charge < -0.3 is 24.1 Å². The smallest absolute Gasteiger partial charge is 0.240 e. The second-order valence-corrected chi connectivity index (χ2v) is 5.58. The van der Waals surface area contributed by atoms with Crippen LogP contribution >= 0.6 is 11.6 Å². The second-order valence-electron chi connectivity index (χ2n) is 5.17. The standard InChI is InChI=1S/C19H19ClO6/c1-5-6-14(22)16-11(9-21)7-12-15(24-3)8-13(20)18(25-4)17(12)19(16)26-10-23-2/h7-8,21H,9-10H2,1-4H3. The second kappa shape index (κ2) is 8.77. The number of Topliss-reactive ketones (excluding diaryl/α,β-unsaturated/α-hetero) is 1. The van der Waals surface area contributed by atoms with Crippen LogP contribution in [0.4, 0.5) is 0 Å². The molecule has 2 aromatic carbocycles. The molecule has 0 aliphatic heterocycles. The molecule has 0 fully saturated rings. The number of aliphatic hydroxyl groups excluding tert-OH is 1. The van der Waals surface area contributed by atoms with Gasteiger partial charge in [0.1, 0.15) is 17.2 Å². The fourth-order valence-corrected chi connectivity index (χ4v) is 2.96. The van der Waals surface area contributed by atoms with E-state index in [1.807, 2.05) is 0 Å². The van der Waals surface area contributed by atoms with E-state index < -0.39 is 5.78 Å². The Morgan fingerprint density at radius 1 is 1.19 bits per heavy atom. The monoisotopic (exact) mass is 378 g/mol. The van der Waals surface area contributed by atoms with E-state index in [2.05, 4.69) is 11.8 Å². The average molecular weight is 379 g/mol. The van der Waals surface area contributed by atoms with Crippen LogP contribution in [0.2, 0.25) is 5.02 Å². The van der Waals surface area contributed by atoms with Crippen molar-refractivity contribution >= 4 is 28.2 Å². The van der Waals surface area contributed by atoms with Gasteiger partial charge >= 0.3 is 0 Å². The first-order valence-corrected chi connectivity index (χ1v) is 8.01. The van der Waals surface area contributed by atoms with Gasteiger partial charge in [0.15, 0.2) is 6.79 Å². The molecule has 2 aromatic rings. The Bertz CT molecular complexity index is 895. The lowest BCUT2D eigenvalue weighted by Gasteiger charge is -2.19. The minimum Gasteiger partial charge on any atom is -0.496 e. The maximum Gasteiger partial charge on any atom is 0.240 e. The molecule has 2 rings (SSSR count). The van der Waals surface area contributed by atoms with Crippen molar-refractivity contribution in [2.75, 3.05) is 28.1 Å². The molecule has 0 aliphatic rings. The molecule has 0 unspecified atom stereocenters. The number of hydrogen-bond donors (Lipinski definition) is 1. The van der Waals surface area contributed by atoms with E-state index >= 15 is 0 Å². The minimum atomic E-state index is -0.495. The molecule has 0 atom stereocenters. The zero-order chi connectivity index (χ0) is 19.3. The number of carbonyl (C=O) groups excluding carboxylic acids is 1. The molecule has 26 heavy (non-hydrogen) atoms. The summed E-state index contributed by atoms with van der Waals surface area (Å²) in [6, 6.07) is 3.23. The first-order valence-electron chi connectivity index (χ1n) is 7.63. The summed E-state index contributed by atoms with van der Waals surface area (Å²) in [5, 5.41) is 11.1. The summed E-state index contributed by atoms with van der Waals surface area (Å²) in [4.78, 5) is 12.6. The molecule has 0 radical (unpaired) electrons. The van der Waals surface area contributed by atoms with Gasteiger partial charge in [-0.3, -0.25) is 4.79 Å². The van der Waals surface area contributed by atoms with Crippen molar-refractivity contribution in [2.45, 2.75) is 13.5 Å². The number of aliphatic hydroxyl groups is 1. The van der Waals surface area contributed by atoms with E-state index in [4.69, 9.17) is 30.5 Å². The molecule has 7 heteroatoms. The molecular formula is C19H19ClO6. The van der Waals surface area contributed by atoms with Gasteiger partial charge in [-0.2, -0.15) is 0 Å². The molecule has 0 bridgehead atoms. The molecule has 1 N–H and O–H groups in total. The van der Waals surface area contributed by atoms with E-state index in [1.54, 1.807) is 19.1 Å². The lowest BCUT2D eigenvalue weighted by molar-refractivity contribution is 0.0512. The fourth-order valence-electron chi connectivity index (χ4n) is 2.69. The van der Waals surface area contributed by atoms with Crippen molar-refractivity contribution in [3.05, 3.63) is 28.3 Å². The topological polar surface area (TPSA) is 74.2 Å². The normalized spacial score (nSPS) is 10.2. The molecule has 0 saturated carbocycles. The van der Waals surface area contributed by atoms with Crippen molar-refractivity contribution in [3.63, 3.8) is 0 Å². The van der Waals surface area contributed by atoms with Crippen LogP contribution in [-0.2, 0) is 11.3 Å². The highest BCUT2D eigenvalue weighted by Gasteiger charge is 2.25. The van der Waals surface area contributed by atoms with Crippen LogP contribution in [0, 0.1) is 11.8 Å².